The molecule has 1 N–H and O–H groups in total. The van der Waals surface area contributed by atoms with E-state index in [0.29, 0.717) is 12.4 Å². The fourth-order valence-electron chi connectivity index (χ4n) is 3.11. The van der Waals surface area contributed by atoms with Gasteiger partial charge in [-0.15, -0.1) is 0 Å². The second-order valence-electron chi connectivity index (χ2n) is 5.62. The molecule has 1 aliphatic heterocycles. The Morgan fingerprint density at radius 3 is 2.83 bits per heavy atom. The van der Waals surface area contributed by atoms with Gasteiger partial charge in [-0.1, -0.05) is 12.1 Å². The van der Waals surface area contributed by atoms with Crippen molar-refractivity contribution in [1.29, 1.82) is 0 Å². The molecule has 0 amide bonds. The van der Waals surface area contributed by atoms with Crippen LogP contribution < -0.4 is 14.8 Å². The standard InChI is InChI=1S/C18H20N2O4/c1-3-24-17-11-15-12(10-16(17)23-2)7-8-19-18(15)13-5-4-6-14(9-13)20(21)22/h4-6,9-11,18-19H,3,7-8H2,1-2H3. The fourth-order valence-corrected chi connectivity index (χ4v) is 3.11. The molecular weight excluding hydrogens is 308 g/mol. The monoisotopic (exact) mass is 328 g/mol. The molecule has 6 heteroatoms. The van der Waals surface area contributed by atoms with Gasteiger partial charge in [0.1, 0.15) is 0 Å². The Kier molecular flexibility index (Phi) is 4.66. The van der Waals surface area contributed by atoms with E-state index in [1.807, 2.05) is 25.1 Å². The van der Waals surface area contributed by atoms with Crippen LogP contribution in [-0.4, -0.2) is 25.2 Å². The third-order valence-electron chi connectivity index (χ3n) is 4.19. The number of rotatable bonds is 5. The first kappa shape index (κ1) is 16.3. The SMILES string of the molecule is CCOc1cc2c(cc1OC)CCNC2c1cccc([N+](=O)[O-])c1. The summed E-state index contributed by atoms with van der Waals surface area (Å²) in [6.07, 6.45) is 0.878. The molecule has 1 aliphatic rings. The van der Waals surface area contributed by atoms with Gasteiger partial charge in [-0.3, -0.25) is 10.1 Å². The Labute approximate surface area is 140 Å². The van der Waals surface area contributed by atoms with Crippen molar-refractivity contribution in [3.8, 4) is 11.5 Å². The molecule has 1 unspecified atom stereocenters. The zero-order valence-electron chi connectivity index (χ0n) is 13.7. The number of non-ortho nitro benzene ring substituents is 1. The molecule has 6 nitrogen and oxygen atoms in total. The molecule has 0 fully saturated rings. The number of hydrogen-bond acceptors (Lipinski definition) is 5. The van der Waals surface area contributed by atoms with Crippen LogP contribution in [0, 0.1) is 10.1 Å². The summed E-state index contributed by atoms with van der Waals surface area (Å²) in [6, 6.07) is 10.6. The summed E-state index contributed by atoms with van der Waals surface area (Å²) in [5.41, 5.74) is 3.22. The number of nitro groups is 1. The molecule has 0 spiro atoms. The smallest absolute Gasteiger partial charge is 0.269 e. The fraction of sp³-hybridized carbons (Fsp3) is 0.333. The van der Waals surface area contributed by atoms with Crippen LogP contribution in [0.1, 0.15) is 29.7 Å². The van der Waals surface area contributed by atoms with Gasteiger partial charge in [0.25, 0.3) is 5.69 Å². The lowest BCUT2D eigenvalue weighted by molar-refractivity contribution is -0.384. The van der Waals surface area contributed by atoms with E-state index in [9.17, 15) is 10.1 Å². The molecule has 0 saturated heterocycles. The summed E-state index contributed by atoms with van der Waals surface area (Å²) in [6.45, 7) is 3.27. The Bertz CT molecular complexity index is 761. The number of ether oxygens (including phenoxy) is 2. The molecule has 1 heterocycles. The molecule has 24 heavy (non-hydrogen) atoms. The van der Waals surface area contributed by atoms with Gasteiger partial charge in [0, 0.05) is 18.7 Å². The number of benzene rings is 2. The van der Waals surface area contributed by atoms with Gasteiger partial charge in [0.2, 0.25) is 0 Å². The summed E-state index contributed by atoms with van der Waals surface area (Å²) in [4.78, 5) is 10.7. The van der Waals surface area contributed by atoms with E-state index in [1.54, 1.807) is 19.2 Å². The minimum Gasteiger partial charge on any atom is -0.493 e. The topological polar surface area (TPSA) is 73.6 Å². The summed E-state index contributed by atoms with van der Waals surface area (Å²) >= 11 is 0. The van der Waals surface area contributed by atoms with Gasteiger partial charge in [-0.05, 0) is 42.2 Å². The lowest BCUT2D eigenvalue weighted by atomic mass is 9.89. The van der Waals surface area contributed by atoms with Crippen molar-refractivity contribution in [3.05, 3.63) is 63.2 Å². The van der Waals surface area contributed by atoms with E-state index in [0.717, 1.165) is 29.8 Å². The molecule has 3 rings (SSSR count). The largest absolute Gasteiger partial charge is 0.493 e. The van der Waals surface area contributed by atoms with E-state index in [1.165, 1.54) is 11.6 Å². The van der Waals surface area contributed by atoms with Crippen molar-refractivity contribution in [2.24, 2.45) is 0 Å². The highest BCUT2D eigenvalue weighted by atomic mass is 16.6. The first-order valence-electron chi connectivity index (χ1n) is 7.95. The Morgan fingerprint density at radius 2 is 2.12 bits per heavy atom. The Hall–Kier alpha value is -2.60. The molecule has 0 bridgehead atoms. The lowest BCUT2D eigenvalue weighted by Gasteiger charge is -2.28. The predicted molar refractivity (Wildman–Crippen MR) is 90.8 cm³/mol. The maximum absolute atomic E-state index is 11.1. The second-order valence-corrected chi connectivity index (χ2v) is 5.62. The third-order valence-corrected chi connectivity index (χ3v) is 4.19. The Morgan fingerprint density at radius 1 is 1.29 bits per heavy atom. The molecule has 0 aliphatic carbocycles. The Balaban J connectivity index is 2.06. The quantitative estimate of drug-likeness (QED) is 0.674. The summed E-state index contributed by atoms with van der Waals surface area (Å²) in [5, 5.41) is 14.5. The van der Waals surface area contributed by atoms with Crippen molar-refractivity contribution >= 4 is 5.69 Å². The van der Waals surface area contributed by atoms with Crippen molar-refractivity contribution < 1.29 is 14.4 Å². The van der Waals surface area contributed by atoms with Crippen LogP contribution in [0.3, 0.4) is 0 Å². The molecule has 0 aromatic heterocycles. The second kappa shape index (κ2) is 6.88. The molecule has 126 valence electrons. The van der Waals surface area contributed by atoms with E-state index < -0.39 is 0 Å². The number of hydrogen-bond donors (Lipinski definition) is 1. The van der Waals surface area contributed by atoms with E-state index in [-0.39, 0.29) is 16.7 Å². The molecule has 2 aromatic carbocycles. The summed E-state index contributed by atoms with van der Waals surface area (Å²) < 4.78 is 11.1. The number of fused-ring (bicyclic) bond motifs is 1. The van der Waals surface area contributed by atoms with Crippen molar-refractivity contribution in [1.82, 2.24) is 5.32 Å². The van der Waals surface area contributed by atoms with Crippen LogP contribution in [0.2, 0.25) is 0 Å². The van der Waals surface area contributed by atoms with Crippen molar-refractivity contribution in [2.75, 3.05) is 20.3 Å². The van der Waals surface area contributed by atoms with Gasteiger partial charge >= 0.3 is 0 Å². The van der Waals surface area contributed by atoms with Crippen LogP contribution in [0.25, 0.3) is 0 Å². The zero-order valence-corrected chi connectivity index (χ0v) is 13.7. The number of nitrogens with one attached hydrogen (secondary N) is 1. The summed E-state index contributed by atoms with van der Waals surface area (Å²) in [7, 11) is 1.63. The predicted octanol–water partition coefficient (Wildman–Crippen LogP) is 3.24. The molecule has 0 radical (unpaired) electrons. The highest BCUT2D eigenvalue weighted by molar-refractivity contribution is 5.52. The lowest BCUT2D eigenvalue weighted by Crippen LogP contribution is -2.30. The number of nitrogens with zero attached hydrogens (tertiary/aromatic N) is 1. The summed E-state index contributed by atoms with van der Waals surface area (Å²) in [5.74, 6) is 1.41. The van der Waals surface area contributed by atoms with Crippen molar-refractivity contribution in [3.63, 3.8) is 0 Å². The first-order chi connectivity index (χ1) is 11.6. The van der Waals surface area contributed by atoms with Gasteiger partial charge in [-0.2, -0.15) is 0 Å². The first-order valence-corrected chi connectivity index (χ1v) is 7.95. The van der Waals surface area contributed by atoms with Gasteiger partial charge < -0.3 is 14.8 Å². The third kappa shape index (κ3) is 3.05. The highest BCUT2D eigenvalue weighted by Crippen LogP contribution is 2.38. The van der Waals surface area contributed by atoms with E-state index in [2.05, 4.69) is 5.32 Å². The van der Waals surface area contributed by atoms with Gasteiger partial charge in [-0.25, -0.2) is 0 Å². The average Bonchev–Trinajstić information content (AvgIpc) is 2.61. The van der Waals surface area contributed by atoms with Crippen molar-refractivity contribution in [2.45, 2.75) is 19.4 Å². The number of nitro benzene ring substituents is 1. The van der Waals surface area contributed by atoms with E-state index in [4.69, 9.17) is 9.47 Å². The minimum absolute atomic E-state index is 0.0972. The van der Waals surface area contributed by atoms with Crippen LogP contribution in [0.15, 0.2) is 36.4 Å². The van der Waals surface area contributed by atoms with Crippen LogP contribution >= 0.6 is 0 Å². The van der Waals surface area contributed by atoms with Crippen LogP contribution in [0.4, 0.5) is 5.69 Å². The van der Waals surface area contributed by atoms with Crippen LogP contribution in [0.5, 0.6) is 11.5 Å². The van der Waals surface area contributed by atoms with Gasteiger partial charge in [0.05, 0.1) is 24.7 Å². The van der Waals surface area contributed by atoms with Gasteiger partial charge in [0.15, 0.2) is 11.5 Å². The molecule has 2 aromatic rings. The van der Waals surface area contributed by atoms with E-state index >= 15 is 0 Å². The van der Waals surface area contributed by atoms with Crippen LogP contribution in [-0.2, 0) is 6.42 Å². The number of methoxy groups -OCH3 is 1. The maximum atomic E-state index is 11.1. The average molecular weight is 328 g/mol. The minimum atomic E-state index is -0.368. The molecule has 0 saturated carbocycles. The molecular formula is C18H20N2O4. The highest BCUT2D eigenvalue weighted by Gasteiger charge is 2.25. The zero-order chi connectivity index (χ0) is 17.1. The normalized spacial score (nSPS) is 16.3. The molecule has 1 atom stereocenters. The maximum Gasteiger partial charge on any atom is 0.269 e.